The van der Waals surface area contributed by atoms with E-state index >= 15 is 0 Å². The maximum atomic E-state index is 6.05. The summed E-state index contributed by atoms with van der Waals surface area (Å²) in [5.74, 6) is 2.13. The first-order chi connectivity index (χ1) is 11.2. The van der Waals surface area contributed by atoms with Gasteiger partial charge in [-0.05, 0) is 42.3 Å². The molecule has 4 nitrogen and oxygen atoms in total. The van der Waals surface area contributed by atoms with Crippen molar-refractivity contribution in [1.82, 2.24) is 5.32 Å². The standard InChI is InChI=1S/C18H20ClNO3/c1-12(14-4-3-5-15(19)10-14)20-11-13-8-16(21-2)18-17(9-13)22-6-7-23-18/h3-5,8-10,12,20H,6-7,11H2,1-2H3. The zero-order valence-corrected chi connectivity index (χ0v) is 14.0. The minimum atomic E-state index is 0.188. The molecule has 1 unspecified atom stereocenters. The van der Waals surface area contributed by atoms with Crippen LogP contribution in [0.4, 0.5) is 0 Å². The Balaban J connectivity index is 1.73. The third-order valence-electron chi connectivity index (χ3n) is 3.85. The first kappa shape index (κ1) is 16.0. The number of nitrogens with one attached hydrogen (secondary N) is 1. The molecule has 0 spiro atoms. The molecule has 2 aromatic carbocycles. The van der Waals surface area contributed by atoms with Crippen LogP contribution >= 0.6 is 11.6 Å². The van der Waals surface area contributed by atoms with Gasteiger partial charge in [0.15, 0.2) is 11.5 Å². The van der Waals surface area contributed by atoms with Crippen LogP contribution in [0.1, 0.15) is 24.1 Å². The largest absolute Gasteiger partial charge is 0.493 e. The number of methoxy groups -OCH3 is 1. The van der Waals surface area contributed by atoms with Gasteiger partial charge in [0.05, 0.1) is 7.11 Å². The minimum absolute atomic E-state index is 0.188. The summed E-state index contributed by atoms with van der Waals surface area (Å²) in [6.45, 7) is 3.92. The average Bonchev–Trinajstić information content (AvgIpc) is 2.58. The number of rotatable bonds is 5. The molecule has 1 atom stereocenters. The molecule has 23 heavy (non-hydrogen) atoms. The van der Waals surface area contributed by atoms with Crippen LogP contribution in [0.5, 0.6) is 17.2 Å². The van der Waals surface area contributed by atoms with Crippen molar-refractivity contribution in [1.29, 1.82) is 0 Å². The Morgan fingerprint density at radius 2 is 2.04 bits per heavy atom. The third kappa shape index (κ3) is 3.71. The number of ether oxygens (including phenoxy) is 3. The van der Waals surface area contributed by atoms with Crippen LogP contribution in [0.3, 0.4) is 0 Å². The molecule has 1 aliphatic heterocycles. The van der Waals surface area contributed by atoms with Crippen molar-refractivity contribution in [3.8, 4) is 17.2 Å². The van der Waals surface area contributed by atoms with Gasteiger partial charge in [-0.3, -0.25) is 0 Å². The smallest absolute Gasteiger partial charge is 0.203 e. The number of hydrogen-bond donors (Lipinski definition) is 1. The number of hydrogen-bond acceptors (Lipinski definition) is 4. The molecule has 122 valence electrons. The monoisotopic (exact) mass is 333 g/mol. The third-order valence-corrected chi connectivity index (χ3v) is 4.08. The second kappa shape index (κ2) is 7.11. The lowest BCUT2D eigenvalue weighted by Crippen LogP contribution is -2.19. The van der Waals surface area contributed by atoms with Crippen LogP contribution in [0.25, 0.3) is 0 Å². The molecule has 1 aliphatic rings. The maximum Gasteiger partial charge on any atom is 0.203 e. The van der Waals surface area contributed by atoms with E-state index in [1.54, 1.807) is 7.11 Å². The highest BCUT2D eigenvalue weighted by atomic mass is 35.5. The van der Waals surface area contributed by atoms with Crippen molar-refractivity contribution in [2.24, 2.45) is 0 Å². The zero-order chi connectivity index (χ0) is 16.2. The van der Waals surface area contributed by atoms with Gasteiger partial charge in [0.2, 0.25) is 5.75 Å². The summed E-state index contributed by atoms with van der Waals surface area (Å²) in [6.07, 6.45) is 0. The van der Waals surface area contributed by atoms with E-state index in [1.807, 2.05) is 30.3 Å². The molecular formula is C18H20ClNO3. The van der Waals surface area contributed by atoms with Gasteiger partial charge in [0, 0.05) is 17.6 Å². The normalized spacial score (nSPS) is 14.4. The average molecular weight is 334 g/mol. The van der Waals surface area contributed by atoms with Crippen LogP contribution in [-0.2, 0) is 6.54 Å². The molecule has 0 aliphatic carbocycles. The van der Waals surface area contributed by atoms with Gasteiger partial charge in [-0.2, -0.15) is 0 Å². The molecule has 0 radical (unpaired) electrons. The van der Waals surface area contributed by atoms with E-state index in [1.165, 1.54) is 0 Å². The first-order valence-corrected chi connectivity index (χ1v) is 8.00. The lowest BCUT2D eigenvalue weighted by Gasteiger charge is -2.22. The molecule has 0 bridgehead atoms. The predicted molar refractivity (Wildman–Crippen MR) is 90.7 cm³/mol. The van der Waals surface area contributed by atoms with Gasteiger partial charge in [0.25, 0.3) is 0 Å². The Hall–Kier alpha value is -1.91. The second-order valence-electron chi connectivity index (χ2n) is 5.48. The van der Waals surface area contributed by atoms with Crippen molar-refractivity contribution in [3.63, 3.8) is 0 Å². The lowest BCUT2D eigenvalue weighted by atomic mass is 10.1. The first-order valence-electron chi connectivity index (χ1n) is 7.62. The quantitative estimate of drug-likeness (QED) is 0.898. The van der Waals surface area contributed by atoms with Gasteiger partial charge in [-0.25, -0.2) is 0 Å². The van der Waals surface area contributed by atoms with Gasteiger partial charge in [-0.1, -0.05) is 23.7 Å². The Bertz CT molecular complexity index is 673. The highest BCUT2D eigenvalue weighted by molar-refractivity contribution is 6.30. The van der Waals surface area contributed by atoms with E-state index < -0.39 is 0 Å². The van der Waals surface area contributed by atoms with Crippen LogP contribution in [0.15, 0.2) is 36.4 Å². The SMILES string of the molecule is COc1cc(CNC(C)c2cccc(Cl)c2)cc2c1OCCO2. The Morgan fingerprint density at radius 3 is 2.83 bits per heavy atom. The molecule has 3 rings (SSSR count). The topological polar surface area (TPSA) is 39.7 Å². The van der Waals surface area contributed by atoms with Gasteiger partial charge in [0.1, 0.15) is 13.2 Å². The lowest BCUT2D eigenvalue weighted by molar-refractivity contribution is 0.165. The van der Waals surface area contributed by atoms with E-state index in [-0.39, 0.29) is 6.04 Å². The Morgan fingerprint density at radius 1 is 1.22 bits per heavy atom. The van der Waals surface area contributed by atoms with Crippen molar-refractivity contribution < 1.29 is 14.2 Å². The van der Waals surface area contributed by atoms with Crippen molar-refractivity contribution in [2.45, 2.75) is 19.5 Å². The van der Waals surface area contributed by atoms with Crippen LogP contribution in [0, 0.1) is 0 Å². The molecule has 0 saturated carbocycles. The van der Waals surface area contributed by atoms with Crippen LogP contribution in [0.2, 0.25) is 5.02 Å². The van der Waals surface area contributed by atoms with E-state index in [2.05, 4.69) is 18.3 Å². The van der Waals surface area contributed by atoms with E-state index in [0.717, 1.165) is 21.9 Å². The number of halogens is 1. The summed E-state index contributed by atoms with van der Waals surface area (Å²) in [4.78, 5) is 0. The van der Waals surface area contributed by atoms with Gasteiger partial charge >= 0.3 is 0 Å². The van der Waals surface area contributed by atoms with Gasteiger partial charge < -0.3 is 19.5 Å². The highest BCUT2D eigenvalue weighted by Crippen LogP contribution is 2.40. The Labute approximate surface area is 141 Å². The summed E-state index contributed by atoms with van der Waals surface area (Å²) < 4.78 is 16.7. The molecule has 1 N–H and O–H groups in total. The molecule has 0 fully saturated rings. The van der Waals surface area contributed by atoms with Crippen molar-refractivity contribution in [3.05, 3.63) is 52.5 Å². The highest BCUT2D eigenvalue weighted by Gasteiger charge is 2.18. The van der Waals surface area contributed by atoms with Crippen molar-refractivity contribution >= 4 is 11.6 Å². The second-order valence-corrected chi connectivity index (χ2v) is 5.92. The minimum Gasteiger partial charge on any atom is -0.493 e. The molecule has 5 heteroatoms. The Kier molecular flexibility index (Phi) is 4.94. The molecule has 1 heterocycles. The van der Waals surface area contributed by atoms with E-state index in [0.29, 0.717) is 31.3 Å². The molecule has 0 saturated heterocycles. The van der Waals surface area contributed by atoms with Gasteiger partial charge in [-0.15, -0.1) is 0 Å². The fraction of sp³-hybridized carbons (Fsp3) is 0.333. The molecule has 0 aromatic heterocycles. The molecule has 2 aromatic rings. The van der Waals surface area contributed by atoms with Crippen molar-refractivity contribution in [2.75, 3.05) is 20.3 Å². The summed E-state index contributed by atoms with van der Waals surface area (Å²) in [7, 11) is 1.64. The number of benzene rings is 2. The van der Waals surface area contributed by atoms with Crippen LogP contribution in [-0.4, -0.2) is 20.3 Å². The zero-order valence-electron chi connectivity index (χ0n) is 13.3. The number of fused-ring (bicyclic) bond motifs is 1. The van der Waals surface area contributed by atoms with E-state index in [9.17, 15) is 0 Å². The fourth-order valence-corrected chi connectivity index (χ4v) is 2.79. The molecular weight excluding hydrogens is 314 g/mol. The molecule has 0 amide bonds. The summed E-state index contributed by atoms with van der Waals surface area (Å²) in [5, 5.41) is 4.24. The fourth-order valence-electron chi connectivity index (χ4n) is 2.59. The predicted octanol–water partition coefficient (Wildman–Crippen LogP) is 3.97. The summed E-state index contributed by atoms with van der Waals surface area (Å²) in [5.41, 5.74) is 2.24. The van der Waals surface area contributed by atoms with E-state index in [4.69, 9.17) is 25.8 Å². The summed E-state index contributed by atoms with van der Waals surface area (Å²) >= 11 is 6.05. The van der Waals surface area contributed by atoms with Crippen LogP contribution < -0.4 is 19.5 Å². The summed E-state index contributed by atoms with van der Waals surface area (Å²) in [6, 6.07) is 12.0. The maximum absolute atomic E-state index is 6.05.